The van der Waals surface area contributed by atoms with E-state index in [4.69, 9.17) is 15.9 Å². The van der Waals surface area contributed by atoms with E-state index in [0.29, 0.717) is 0 Å². The molecule has 11 heteroatoms. The van der Waals surface area contributed by atoms with Gasteiger partial charge in [-0.15, -0.1) is 0 Å². The molecule has 7 N–H and O–H groups in total. The molecule has 4 unspecified atom stereocenters. The predicted molar refractivity (Wildman–Crippen MR) is 117 cm³/mol. The van der Waals surface area contributed by atoms with E-state index >= 15 is 0 Å². The van der Waals surface area contributed by atoms with Gasteiger partial charge in [0.2, 0.25) is 17.7 Å². The summed E-state index contributed by atoms with van der Waals surface area (Å²) in [5.41, 5.74) is 6.29. The number of nitrogens with one attached hydrogen (secondary N) is 3. The van der Waals surface area contributed by atoms with Gasteiger partial charge in [-0.25, -0.2) is 4.79 Å². The van der Waals surface area contributed by atoms with E-state index in [9.17, 15) is 19.2 Å². The fourth-order valence-electron chi connectivity index (χ4n) is 2.66. The zero-order chi connectivity index (χ0) is 23.6. The van der Waals surface area contributed by atoms with Crippen LogP contribution in [0.1, 0.15) is 19.4 Å². The van der Waals surface area contributed by atoms with E-state index in [2.05, 4.69) is 28.6 Å². The molecule has 0 saturated carbocycles. The molecule has 10 nitrogen and oxygen atoms in total. The summed E-state index contributed by atoms with van der Waals surface area (Å²) in [6.07, 6.45) is 0.122. The van der Waals surface area contributed by atoms with Crippen LogP contribution in [0, 0.1) is 5.92 Å². The van der Waals surface area contributed by atoms with Crippen molar-refractivity contribution in [3.05, 3.63) is 35.9 Å². The van der Waals surface area contributed by atoms with E-state index in [1.165, 1.54) is 0 Å². The second-order valence-corrected chi connectivity index (χ2v) is 7.72. The lowest BCUT2D eigenvalue weighted by Crippen LogP contribution is -2.59. The molecular weight excluding hydrogens is 424 g/mol. The Morgan fingerprint density at radius 2 is 1.55 bits per heavy atom. The Kier molecular flexibility index (Phi) is 11.0. The zero-order valence-corrected chi connectivity index (χ0v) is 18.3. The summed E-state index contributed by atoms with van der Waals surface area (Å²) >= 11 is 3.91. The first-order valence-electron chi connectivity index (χ1n) is 9.75. The highest BCUT2D eigenvalue weighted by atomic mass is 32.1. The van der Waals surface area contributed by atoms with Crippen molar-refractivity contribution in [2.24, 2.45) is 11.7 Å². The third-order valence-electron chi connectivity index (χ3n) is 4.49. The van der Waals surface area contributed by atoms with Crippen LogP contribution in [0.3, 0.4) is 0 Å². The standard InChI is InChI=1S/C20H30N4O6S/c1-11(2)16(19(28)23-15(10-31)20(29)30)24-18(27)14(22-17(26)13(21)9-25)8-12-6-4-3-5-7-12/h3-7,11,13-16,25,31H,8-10,21H2,1-2H3,(H,22,26)(H,23,28)(H,24,27)(H,29,30). The van der Waals surface area contributed by atoms with Gasteiger partial charge in [0.05, 0.1) is 6.61 Å². The van der Waals surface area contributed by atoms with E-state index in [1.807, 2.05) is 0 Å². The maximum atomic E-state index is 13.0. The van der Waals surface area contributed by atoms with Gasteiger partial charge in [0.1, 0.15) is 24.2 Å². The highest BCUT2D eigenvalue weighted by Gasteiger charge is 2.31. The number of carboxylic acids is 1. The number of carbonyl (C=O) groups is 4. The van der Waals surface area contributed by atoms with Crippen molar-refractivity contribution in [3.8, 4) is 0 Å². The van der Waals surface area contributed by atoms with Crippen molar-refractivity contribution < 1.29 is 29.4 Å². The molecule has 1 rings (SSSR count). The minimum atomic E-state index is -1.25. The van der Waals surface area contributed by atoms with Crippen molar-refractivity contribution >= 4 is 36.3 Å². The van der Waals surface area contributed by atoms with Gasteiger partial charge >= 0.3 is 5.97 Å². The molecule has 3 amide bonds. The molecule has 0 aromatic heterocycles. The van der Waals surface area contributed by atoms with Crippen LogP contribution in [-0.4, -0.2) is 70.4 Å². The summed E-state index contributed by atoms with van der Waals surface area (Å²) in [7, 11) is 0. The van der Waals surface area contributed by atoms with E-state index in [0.717, 1.165) is 5.56 Å². The number of benzene rings is 1. The van der Waals surface area contributed by atoms with Gasteiger partial charge in [-0.05, 0) is 11.5 Å². The molecule has 0 aliphatic heterocycles. The number of aliphatic hydroxyl groups excluding tert-OH is 1. The number of carboxylic acid groups (broad SMARTS) is 1. The largest absolute Gasteiger partial charge is 0.480 e. The minimum Gasteiger partial charge on any atom is -0.480 e. The molecule has 0 heterocycles. The fraction of sp³-hybridized carbons (Fsp3) is 0.500. The lowest BCUT2D eigenvalue weighted by Gasteiger charge is -2.27. The molecule has 1 aromatic carbocycles. The van der Waals surface area contributed by atoms with Gasteiger partial charge in [-0.1, -0.05) is 44.2 Å². The maximum Gasteiger partial charge on any atom is 0.327 e. The van der Waals surface area contributed by atoms with E-state index in [1.54, 1.807) is 44.2 Å². The number of thiol groups is 1. The Balaban J connectivity index is 3.02. The smallest absolute Gasteiger partial charge is 0.327 e. The first kappa shape index (κ1) is 26.4. The van der Waals surface area contributed by atoms with Crippen molar-refractivity contribution in [1.29, 1.82) is 0 Å². The second-order valence-electron chi connectivity index (χ2n) is 7.35. The highest BCUT2D eigenvalue weighted by molar-refractivity contribution is 7.80. The molecule has 0 spiro atoms. The Hall–Kier alpha value is -2.63. The van der Waals surface area contributed by atoms with Gasteiger partial charge in [0.15, 0.2) is 0 Å². The van der Waals surface area contributed by atoms with Crippen LogP contribution in [-0.2, 0) is 25.6 Å². The number of aliphatic hydroxyl groups is 1. The van der Waals surface area contributed by atoms with Gasteiger partial charge in [0.25, 0.3) is 0 Å². The van der Waals surface area contributed by atoms with Crippen LogP contribution in [0.25, 0.3) is 0 Å². The predicted octanol–water partition coefficient (Wildman–Crippen LogP) is -1.33. The third-order valence-corrected chi connectivity index (χ3v) is 4.86. The van der Waals surface area contributed by atoms with Gasteiger partial charge in [-0.3, -0.25) is 14.4 Å². The van der Waals surface area contributed by atoms with E-state index in [-0.39, 0.29) is 18.1 Å². The van der Waals surface area contributed by atoms with Crippen molar-refractivity contribution in [3.63, 3.8) is 0 Å². The lowest BCUT2D eigenvalue weighted by molar-refractivity contribution is -0.142. The average molecular weight is 455 g/mol. The van der Waals surface area contributed by atoms with Gasteiger partial charge in [-0.2, -0.15) is 12.6 Å². The molecule has 0 bridgehead atoms. The molecule has 0 saturated heterocycles. The Morgan fingerprint density at radius 1 is 0.968 bits per heavy atom. The monoisotopic (exact) mass is 454 g/mol. The molecule has 1 aromatic rings. The number of nitrogens with two attached hydrogens (primary N) is 1. The van der Waals surface area contributed by atoms with Crippen LogP contribution >= 0.6 is 12.6 Å². The van der Waals surface area contributed by atoms with Crippen molar-refractivity contribution in [1.82, 2.24) is 16.0 Å². The maximum absolute atomic E-state index is 13.0. The van der Waals surface area contributed by atoms with Crippen LogP contribution in [0.5, 0.6) is 0 Å². The van der Waals surface area contributed by atoms with Crippen LogP contribution in [0.4, 0.5) is 0 Å². The molecule has 172 valence electrons. The number of rotatable bonds is 12. The Labute approximate surface area is 186 Å². The zero-order valence-electron chi connectivity index (χ0n) is 17.4. The molecule has 0 radical (unpaired) electrons. The summed E-state index contributed by atoms with van der Waals surface area (Å²) in [4.78, 5) is 48.9. The quantitative estimate of drug-likeness (QED) is 0.192. The molecule has 0 fully saturated rings. The second kappa shape index (κ2) is 12.9. The summed E-state index contributed by atoms with van der Waals surface area (Å²) in [6, 6.07) is 4.37. The summed E-state index contributed by atoms with van der Waals surface area (Å²) in [6.45, 7) is 2.78. The summed E-state index contributed by atoms with van der Waals surface area (Å²) in [5, 5.41) is 25.6. The van der Waals surface area contributed by atoms with Crippen LogP contribution in [0.2, 0.25) is 0 Å². The van der Waals surface area contributed by atoms with Gasteiger partial charge < -0.3 is 31.9 Å². The number of hydrogen-bond donors (Lipinski definition) is 7. The minimum absolute atomic E-state index is 0.119. The number of amides is 3. The van der Waals surface area contributed by atoms with Crippen molar-refractivity contribution in [2.75, 3.05) is 12.4 Å². The SMILES string of the molecule is CC(C)C(NC(=O)C(Cc1ccccc1)NC(=O)C(N)CO)C(=O)NC(CS)C(=O)O. The highest BCUT2D eigenvalue weighted by Crippen LogP contribution is 2.07. The number of aliphatic carboxylic acids is 1. The third kappa shape index (κ3) is 8.56. The molecule has 0 aliphatic rings. The summed E-state index contributed by atoms with van der Waals surface area (Å²) in [5.74, 6) is -3.78. The Morgan fingerprint density at radius 3 is 2.03 bits per heavy atom. The van der Waals surface area contributed by atoms with E-state index < -0.39 is 54.5 Å². The lowest BCUT2D eigenvalue weighted by atomic mass is 10.0. The molecule has 0 aliphatic carbocycles. The first-order chi connectivity index (χ1) is 14.6. The fourth-order valence-corrected chi connectivity index (χ4v) is 2.90. The first-order valence-corrected chi connectivity index (χ1v) is 10.4. The van der Waals surface area contributed by atoms with Crippen molar-refractivity contribution in [2.45, 2.75) is 44.4 Å². The Bertz CT molecular complexity index is 761. The molecule has 4 atom stereocenters. The number of hydrogen-bond acceptors (Lipinski definition) is 7. The van der Waals surface area contributed by atoms with Crippen LogP contribution in [0.15, 0.2) is 30.3 Å². The topological polar surface area (TPSA) is 171 Å². The van der Waals surface area contributed by atoms with Crippen LogP contribution < -0.4 is 21.7 Å². The molecular formula is C20H30N4O6S. The average Bonchev–Trinajstić information content (AvgIpc) is 2.74. The number of carbonyl (C=O) groups excluding carboxylic acids is 3. The normalized spacial score (nSPS) is 14.8. The molecule has 31 heavy (non-hydrogen) atoms. The van der Waals surface area contributed by atoms with Gasteiger partial charge in [0, 0.05) is 12.2 Å². The summed E-state index contributed by atoms with van der Waals surface area (Å²) < 4.78 is 0.